The molecule has 0 saturated heterocycles. The summed E-state index contributed by atoms with van der Waals surface area (Å²) < 4.78 is 26.3. The topological polar surface area (TPSA) is 109 Å². The number of halogens is 2. The quantitative estimate of drug-likeness (QED) is 0.158. The predicted molar refractivity (Wildman–Crippen MR) is 167 cm³/mol. The molecule has 0 spiro atoms. The third kappa shape index (κ3) is 8.15. The van der Waals surface area contributed by atoms with Gasteiger partial charge in [0.2, 0.25) is 0 Å². The molecule has 0 aliphatic carbocycles. The largest absolute Gasteiger partial charge is 0.497 e. The average molecular weight is 615 g/mol. The number of carbonyl (C=O) groups is 2. The fraction of sp³-hybridized carbons (Fsp3) is 0.229. The molecule has 226 valence electrons. The summed E-state index contributed by atoms with van der Waals surface area (Å²) in [6.45, 7) is 2.11. The van der Waals surface area contributed by atoms with Crippen LogP contribution in [0.1, 0.15) is 65.3 Å². The number of carbonyl (C=O) groups excluding carboxylic acids is 1. The normalized spacial score (nSPS) is 12.1. The highest BCUT2D eigenvalue weighted by molar-refractivity contribution is 6.30. The van der Waals surface area contributed by atoms with Crippen LogP contribution >= 0.6 is 11.6 Å². The van der Waals surface area contributed by atoms with Crippen LogP contribution in [-0.2, 0) is 4.79 Å². The number of carboxylic acid groups (broad SMARTS) is 1. The summed E-state index contributed by atoms with van der Waals surface area (Å²) in [5, 5.41) is 21.8. The van der Waals surface area contributed by atoms with E-state index in [1.54, 1.807) is 48.5 Å². The van der Waals surface area contributed by atoms with Crippen molar-refractivity contribution >= 4 is 23.5 Å². The fourth-order valence-electron chi connectivity index (χ4n) is 5.02. The summed E-state index contributed by atoms with van der Waals surface area (Å²) in [6.07, 6.45) is 0.955. The van der Waals surface area contributed by atoms with Gasteiger partial charge < -0.3 is 19.9 Å². The van der Waals surface area contributed by atoms with E-state index in [1.165, 1.54) is 19.2 Å². The minimum atomic E-state index is -0.985. The number of nitrogens with zero attached hydrogens (tertiary/aromatic N) is 1. The number of rotatable bonds is 13. The Morgan fingerprint density at radius 1 is 0.977 bits per heavy atom. The zero-order chi connectivity index (χ0) is 31.6. The first kappa shape index (κ1) is 32.1. The molecule has 0 heterocycles. The lowest BCUT2D eigenvalue weighted by molar-refractivity contribution is -0.136. The SMILES string of the molecule is CCC[C@H](c1ccc(C(=O)NCCC(=O)O)cc1)[C@@H](Oc1ccc(C#N)c(-c2cc(F)cc(OC)c2)c1)c1ccc(Cl)cc1. The van der Waals surface area contributed by atoms with Crippen molar-refractivity contribution in [3.63, 3.8) is 0 Å². The van der Waals surface area contributed by atoms with E-state index >= 15 is 0 Å². The Kier molecular flexibility index (Phi) is 11.0. The van der Waals surface area contributed by atoms with E-state index in [0.717, 1.165) is 24.0 Å². The highest BCUT2D eigenvalue weighted by Crippen LogP contribution is 2.40. The molecule has 2 atom stereocenters. The lowest BCUT2D eigenvalue weighted by Crippen LogP contribution is -2.26. The Bertz CT molecular complexity index is 1650. The number of hydrogen-bond donors (Lipinski definition) is 2. The highest BCUT2D eigenvalue weighted by atomic mass is 35.5. The second-order valence-electron chi connectivity index (χ2n) is 10.2. The molecule has 1 amide bonds. The van der Waals surface area contributed by atoms with Crippen molar-refractivity contribution in [2.75, 3.05) is 13.7 Å². The van der Waals surface area contributed by atoms with Gasteiger partial charge in [0.1, 0.15) is 23.4 Å². The maximum absolute atomic E-state index is 14.4. The summed E-state index contributed by atoms with van der Waals surface area (Å²) in [4.78, 5) is 23.3. The standard InChI is InChI=1S/C35H32ClFN2O5/c1-3-4-31(22-5-7-24(8-6-22)35(42)39-16-15-33(40)41)34(23-9-12-27(36)13-10-23)44-29-14-11-25(21-38)32(20-29)26-17-28(37)19-30(18-26)43-2/h5-14,17-20,31,34H,3-4,15-16H2,1-2H3,(H,39,42)(H,40,41)/t31-,34+/m1/s1. The van der Waals surface area contributed by atoms with Crippen LogP contribution in [0, 0.1) is 17.1 Å². The number of amides is 1. The molecule has 4 aromatic carbocycles. The van der Waals surface area contributed by atoms with Crippen LogP contribution in [0.15, 0.2) is 84.9 Å². The Morgan fingerprint density at radius 3 is 2.32 bits per heavy atom. The molecule has 7 nitrogen and oxygen atoms in total. The minimum Gasteiger partial charge on any atom is -0.497 e. The van der Waals surface area contributed by atoms with Crippen molar-refractivity contribution in [3.8, 4) is 28.7 Å². The average Bonchev–Trinajstić information content (AvgIpc) is 3.02. The lowest BCUT2D eigenvalue weighted by Gasteiger charge is -2.29. The summed E-state index contributed by atoms with van der Waals surface area (Å²) >= 11 is 6.21. The number of benzene rings is 4. The number of hydrogen-bond acceptors (Lipinski definition) is 5. The van der Waals surface area contributed by atoms with Gasteiger partial charge in [-0.25, -0.2) is 4.39 Å². The van der Waals surface area contributed by atoms with Crippen LogP contribution in [0.25, 0.3) is 11.1 Å². The van der Waals surface area contributed by atoms with E-state index < -0.39 is 17.9 Å². The second-order valence-corrected chi connectivity index (χ2v) is 10.6. The Morgan fingerprint density at radius 2 is 1.68 bits per heavy atom. The molecule has 0 saturated carbocycles. The number of carboxylic acids is 1. The van der Waals surface area contributed by atoms with Crippen molar-refractivity contribution in [2.24, 2.45) is 0 Å². The van der Waals surface area contributed by atoms with Crippen LogP contribution in [0.3, 0.4) is 0 Å². The van der Waals surface area contributed by atoms with Gasteiger partial charge in [0.15, 0.2) is 0 Å². The Balaban J connectivity index is 1.71. The summed E-state index contributed by atoms with van der Waals surface area (Å²) in [5.41, 5.74) is 3.58. The monoisotopic (exact) mass is 614 g/mol. The van der Waals surface area contributed by atoms with Crippen LogP contribution in [-0.4, -0.2) is 30.6 Å². The molecule has 0 fully saturated rings. The van der Waals surface area contributed by atoms with E-state index in [9.17, 15) is 19.2 Å². The molecule has 9 heteroatoms. The third-order valence-electron chi connectivity index (χ3n) is 7.18. The van der Waals surface area contributed by atoms with E-state index in [0.29, 0.717) is 38.8 Å². The van der Waals surface area contributed by atoms with Crippen LogP contribution in [0.2, 0.25) is 5.02 Å². The zero-order valence-electron chi connectivity index (χ0n) is 24.3. The zero-order valence-corrected chi connectivity index (χ0v) is 25.1. The number of nitriles is 1. The maximum atomic E-state index is 14.4. The first-order valence-electron chi connectivity index (χ1n) is 14.1. The molecular formula is C35H32ClFN2O5. The molecule has 44 heavy (non-hydrogen) atoms. The Labute approximate surface area is 260 Å². The number of ether oxygens (including phenoxy) is 2. The van der Waals surface area contributed by atoms with E-state index in [-0.39, 0.29) is 24.8 Å². The van der Waals surface area contributed by atoms with Crippen LogP contribution < -0.4 is 14.8 Å². The summed E-state index contributed by atoms with van der Waals surface area (Å²) in [5.74, 6) is -1.15. The molecule has 0 aliphatic rings. The van der Waals surface area contributed by atoms with Gasteiger partial charge in [-0.3, -0.25) is 9.59 Å². The lowest BCUT2D eigenvalue weighted by atomic mass is 9.85. The molecule has 0 radical (unpaired) electrons. The molecule has 4 aromatic rings. The van der Waals surface area contributed by atoms with Crippen molar-refractivity contribution in [1.29, 1.82) is 5.26 Å². The van der Waals surface area contributed by atoms with Crippen LogP contribution in [0.4, 0.5) is 4.39 Å². The van der Waals surface area contributed by atoms with Gasteiger partial charge in [0, 0.05) is 34.7 Å². The minimum absolute atomic E-state index is 0.0375. The Hall–Kier alpha value is -4.87. The van der Waals surface area contributed by atoms with Crippen LogP contribution in [0.5, 0.6) is 11.5 Å². The number of aliphatic carboxylic acids is 1. The molecule has 0 aliphatic heterocycles. The van der Waals surface area contributed by atoms with Gasteiger partial charge in [0.25, 0.3) is 5.91 Å². The number of nitrogens with one attached hydrogen (secondary N) is 1. The third-order valence-corrected chi connectivity index (χ3v) is 7.43. The van der Waals surface area contributed by atoms with Crippen molar-refractivity contribution in [2.45, 2.75) is 38.2 Å². The summed E-state index contributed by atoms with van der Waals surface area (Å²) in [7, 11) is 1.45. The maximum Gasteiger partial charge on any atom is 0.305 e. The van der Waals surface area contributed by atoms with E-state index in [4.69, 9.17) is 26.2 Å². The van der Waals surface area contributed by atoms with Crippen molar-refractivity contribution < 1.29 is 28.6 Å². The van der Waals surface area contributed by atoms with Gasteiger partial charge in [-0.2, -0.15) is 5.26 Å². The number of methoxy groups -OCH3 is 1. The molecule has 0 unspecified atom stereocenters. The molecule has 2 N–H and O–H groups in total. The van der Waals surface area contributed by atoms with Gasteiger partial charge in [-0.1, -0.05) is 49.2 Å². The van der Waals surface area contributed by atoms with Crippen molar-refractivity contribution in [1.82, 2.24) is 5.32 Å². The molecule has 4 rings (SSSR count). The highest BCUT2D eigenvalue weighted by Gasteiger charge is 2.27. The first-order valence-corrected chi connectivity index (χ1v) is 14.5. The second kappa shape index (κ2) is 15.0. The summed E-state index contributed by atoms with van der Waals surface area (Å²) in [6, 6.07) is 26.1. The molecule has 0 aromatic heterocycles. The van der Waals surface area contributed by atoms with Crippen molar-refractivity contribution in [3.05, 3.63) is 118 Å². The van der Waals surface area contributed by atoms with E-state index in [2.05, 4.69) is 18.3 Å². The predicted octanol–water partition coefficient (Wildman–Crippen LogP) is 7.93. The van der Waals surface area contributed by atoms with Gasteiger partial charge in [-0.05, 0) is 77.7 Å². The van der Waals surface area contributed by atoms with Gasteiger partial charge >= 0.3 is 5.97 Å². The smallest absolute Gasteiger partial charge is 0.305 e. The molecular weight excluding hydrogens is 583 g/mol. The first-order chi connectivity index (χ1) is 21.2. The molecule has 0 bridgehead atoms. The van der Waals surface area contributed by atoms with E-state index in [1.807, 2.05) is 24.3 Å². The fourth-order valence-corrected chi connectivity index (χ4v) is 5.15. The van der Waals surface area contributed by atoms with Gasteiger partial charge in [0.05, 0.1) is 25.2 Å². The van der Waals surface area contributed by atoms with Gasteiger partial charge in [-0.15, -0.1) is 0 Å².